The van der Waals surface area contributed by atoms with Gasteiger partial charge in [0.2, 0.25) is 0 Å². The lowest BCUT2D eigenvalue weighted by molar-refractivity contribution is 0.185. The third-order valence-electron chi connectivity index (χ3n) is 2.92. The molecule has 112 valence electrons. The number of methoxy groups -OCH3 is 1. The molecule has 0 atom stereocenters. The number of ether oxygens (including phenoxy) is 1. The zero-order valence-corrected chi connectivity index (χ0v) is 14.2. The summed E-state index contributed by atoms with van der Waals surface area (Å²) in [5.41, 5.74) is 2.11. The van der Waals surface area contributed by atoms with Crippen molar-refractivity contribution in [2.45, 2.75) is 18.4 Å². The standard InChI is InChI=1S/C15H16BrNO3S/c1-11-8-13(16)6-7-15(11)21(18,19)17-14-5-3-4-12(9-14)10-20-2/h3-9,17H,10H2,1-2H3. The van der Waals surface area contributed by atoms with Gasteiger partial charge in [-0.25, -0.2) is 8.42 Å². The second-order valence-electron chi connectivity index (χ2n) is 4.65. The molecule has 21 heavy (non-hydrogen) atoms. The smallest absolute Gasteiger partial charge is 0.262 e. The number of sulfonamides is 1. The molecule has 0 unspecified atom stereocenters. The number of halogens is 1. The van der Waals surface area contributed by atoms with E-state index in [1.807, 2.05) is 6.07 Å². The summed E-state index contributed by atoms with van der Waals surface area (Å²) in [5, 5.41) is 0. The average Bonchev–Trinajstić information content (AvgIpc) is 2.38. The highest BCUT2D eigenvalue weighted by Crippen LogP contribution is 2.23. The monoisotopic (exact) mass is 369 g/mol. The fraction of sp³-hybridized carbons (Fsp3) is 0.200. The van der Waals surface area contributed by atoms with E-state index >= 15 is 0 Å². The summed E-state index contributed by atoms with van der Waals surface area (Å²) in [7, 11) is -2.00. The van der Waals surface area contributed by atoms with Gasteiger partial charge in [0.25, 0.3) is 10.0 Å². The third-order valence-corrected chi connectivity index (χ3v) is 4.95. The first-order valence-corrected chi connectivity index (χ1v) is 8.57. The molecule has 2 rings (SSSR count). The van der Waals surface area contributed by atoms with Gasteiger partial charge in [-0.1, -0.05) is 28.1 Å². The van der Waals surface area contributed by atoms with E-state index in [1.54, 1.807) is 50.4 Å². The Hall–Kier alpha value is -1.37. The minimum absolute atomic E-state index is 0.267. The number of rotatable bonds is 5. The van der Waals surface area contributed by atoms with Gasteiger partial charge in [-0.05, 0) is 48.4 Å². The molecule has 0 aliphatic heterocycles. The first kappa shape index (κ1) is 16.0. The maximum Gasteiger partial charge on any atom is 0.262 e. The van der Waals surface area contributed by atoms with Crippen LogP contribution in [-0.4, -0.2) is 15.5 Å². The highest BCUT2D eigenvalue weighted by atomic mass is 79.9. The predicted molar refractivity (Wildman–Crippen MR) is 86.8 cm³/mol. The van der Waals surface area contributed by atoms with E-state index in [4.69, 9.17) is 4.74 Å². The maximum absolute atomic E-state index is 12.4. The van der Waals surface area contributed by atoms with E-state index in [0.717, 1.165) is 10.0 Å². The Morgan fingerprint density at radius 1 is 1.19 bits per heavy atom. The lowest BCUT2D eigenvalue weighted by Gasteiger charge is -2.11. The zero-order valence-electron chi connectivity index (χ0n) is 11.8. The highest BCUT2D eigenvalue weighted by molar-refractivity contribution is 9.10. The van der Waals surface area contributed by atoms with Gasteiger partial charge in [0, 0.05) is 17.3 Å². The summed E-state index contributed by atoms with van der Waals surface area (Å²) in [6.45, 7) is 2.20. The van der Waals surface area contributed by atoms with Crippen LogP contribution in [0.3, 0.4) is 0 Å². The summed E-state index contributed by atoms with van der Waals surface area (Å²) in [5.74, 6) is 0. The van der Waals surface area contributed by atoms with Gasteiger partial charge < -0.3 is 4.74 Å². The molecular formula is C15H16BrNO3S. The van der Waals surface area contributed by atoms with Gasteiger partial charge in [0.15, 0.2) is 0 Å². The number of nitrogens with one attached hydrogen (secondary N) is 1. The molecule has 4 nitrogen and oxygen atoms in total. The van der Waals surface area contributed by atoms with Crippen LogP contribution in [-0.2, 0) is 21.4 Å². The predicted octanol–water partition coefficient (Wildman–Crippen LogP) is 3.70. The normalized spacial score (nSPS) is 11.4. The van der Waals surface area contributed by atoms with Gasteiger partial charge in [-0.2, -0.15) is 0 Å². The molecule has 0 bridgehead atoms. The van der Waals surface area contributed by atoms with Crippen molar-refractivity contribution in [2.75, 3.05) is 11.8 Å². The molecule has 0 heterocycles. The number of hydrogen-bond acceptors (Lipinski definition) is 3. The molecule has 0 saturated heterocycles. The zero-order chi connectivity index (χ0) is 15.5. The number of hydrogen-bond donors (Lipinski definition) is 1. The van der Waals surface area contributed by atoms with E-state index in [2.05, 4.69) is 20.7 Å². The summed E-state index contributed by atoms with van der Waals surface area (Å²) in [6.07, 6.45) is 0. The van der Waals surface area contributed by atoms with Gasteiger partial charge >= 0.3 is 0 Å². The Balaban J connectivity index is 2.31. The van der Waals surface area contributed by atoms with Crippen molar-refractivity contribution in [3.05, 3.63) is 58.1 Å². The van der Waals surface area contributed by atoms with Gasteiger partial charge in [-0.3, -0.25) is 4.72 Å². The lowest BCUT2D eigenvalue weighted by atomic mass is 10.2. The Morgan fingerprint density at radius 3 is 2.62 bits per heavy atom. The Bertz CT molecular complexity index is 744. The second kappa shape index (κ2) is 6.60. The van der Waals surface area contributed by atoms with Crippen LogP contribution in [0, 0.1) is 6.92 Å². The van der Waals surface area contributed by atoms with Gasteiger partial charge in [-0.15, -0.1) is 0 Å². The van der Waals surface area contributed by atoms with Crippen LogP contribution in [0.4, 0.5) is 5.69 Å². The van der Waals surface area contributed by atoms with Crippen molar-refractivity contribution in [1.82, 2.24) is 0 Å². The first-order valence-electron chi connectivity index (χ1n) is 6.29. The molecule has 0 amide bonds. The van der Waals surface area contributed by atoms with Crippen LogP contribution in [0.1, 0.15) is 11.1 Å². The van der Waals surface area contributed by atoms with Crippen LogP contribution in [0.25, 0.3) is 0 Å². The van der Waals surface area contributed by atoms with Crippen LogP contribution < -0.4 is 4.72 Å². The van der Waals surface area contributed by atoms with Crippen LogP contribution >= 0.6 is 15.9 Å². The Labute approximate surface area is 133 Å². The molecule has 0 radical (unpaired) electrons. The Kier molecular flexibility index (Phi) is 5.03. The van der Waals surface area contributed by atoms with Gasteiger partial charge in [0.1, 0.15) is 0 Å². The summed E-state index contributed by atoms with van der Waals surface area (Å²) in [6, 6.07) is 12.2. The summed E-state index contributed by atoms with van der Waals surface area (Å²) < 4.78 is 33.4. The molecule has 0 aliphatic rings. The second-order valence-corrected chi connectivity index (χ2v) is 7.22. The number of anilines is 1. The lowest BCUT2D eigenvalue weighted by Crippen LogP contribution is -2.14. The minimum Gasteiger partial charge on any atom is -0.380 e. The van der Waals surface area contributed by atoms with Crippen molar-refractivity contribution in [3.8, 4) is 0 Å². The molecule has 6 heteroatoms. The number of aryl methyl sites for hydroxylation is 1. The molecular weight excluding hydrogens is 354 g/mol. The number of benzene rings is 2. The van der Waals surface area contributed by atoms with Crippen LogP contribution in [0.15, 0.2) is 51.8 Å². The van der Waals surface area contributed by atoms with Crippen molar-refractivity contribution in [3.63, 3.8) is 0 Å². The van der Waals surface area contributed by atoms with Crippen molar-refractivity contribution in [2.24, 2.45) is 0 Å². The molecule has 0 spiro atoms. The van der Waals surface area contributed by atoms with E-state index in [0.29, 0.717) is 17.9 Å². The van der Waals surface area contributed by atoms with E-state index < -0.39 is 10.0 Å². The summed E-state index contributed by atoms with van der Waals surface area (Å²) >= 11 is 3.33. The quantitative estimate of drug-likeness (QED) is 0.873. The largest absolute Gasteiger partial charge is 0.380 e. The molecule has 2 aromatic carbocycles. The molecule has 1 N–H and O–H groups in total. The van der Waals surface area contributed by atoms with Gasteiger partial charge in [0.05, 0.1) is 11.5 Å². The van der Waals surface area contributed by atoms with Crippen molar-refractivity contribution in [1.29, 1.82) is 0 Å². The molecule has 2 aromatic rings. The molecule has 0 fully saturated rings. The van der Waals surface area contributed by atoms with Crippen LogP contribution in [0.2, 0.25) is 0 Å². The van der Waals surface area contributed by atoms with E-state index in [-0.39, 0.29) is 4.90 Å². The van der Waals surface area contributed by atoms with Crippen molar-refractivity contribution >= 4 is 31.6 Å². The first-order chi connectivity index (χ1) is 9.92. The van der Waals surface area contributed by atoms with E-state index in [1.165, 1.54) is 0 Å². The molecule has 0 aromatic heterocycles. The SMILES string of the molecule is COCc1cccc(NS(=O)(=O)c2ccc(Br)cc2C)c1. The van der Waals surface area contributed by atoms with Crippen LogP contribution in [0.5, 0.6) is 0 Å². The fourth-order valence-corrected chi connectivity index (χ4v) is 3.77. The minimum atomic E-state index is -3.60. The topological polar surface area (TPSA) is 55.4 Å². The molecule has 0 saturated carbocycles. The maximum atomic E-state index is 12.4. The molecule has 0 aliphatic carbocycles. The summed E-state index contributed by atoms with van der Waals surface area (Å²) in [4.78, 5) is 0.267. The van der Waals surface area contributed by atoms with Crippen molar-refractivity contribution < 1.29 is 13.2 Å². The third kappa shape index (κ3) is 4.06. The highest BCUT2D eigenvalue weighted by Gasteiger charge is 2.17. The Morgan fingerprint density at radius 2 is 1.95 bits per heavy atom. The average molecular weight is 370 g/mol. The van der Waals surface area contributed by atoms with E-state index in [9.17, 15) is 8.42 Å². The fourth-order valence-electron chi connectivity index (χ4n) is 2.02.